The zero-order chi connectivity index (χ0) is 16.7. The van der Waals surface area contributed by atoms with Crippen LogP contribution < -0.4 is 16.4 Å². The van der Waals surface area contributed by atoms with Crippen molar-refractivity contribution in [1.82, 2.24) is 0 Å². The van der Waals surface area contributed by atoms with Crippen LogP contribution in [-0.4, -0.2) is 45.2 Å². The van der Waals surface area contributed by atoms with Gasteiger partial charge in [0.25, 0.3) is 0 Å². The first-order valence-electron chi connectivity index (χ1n) is 6.10. The van der Waals surface area contributed by atoms with Crippen molar-refractivity contribution in [3.63, 3.8) is 0 Å². The van der Waals surface area contributed by atoms with Gasteiger partial charge in [-0.05, 0) is 12.1 Å². The molecule has 0 saturated carbocycles. The van der Waals surface area contributed by atoms with Gasteiger partial charge in [-0.25, -0.2) is 0 Å². The Morgan fingerprint density at radius 1 is 1.05 bits per heavy atom. The van der Waals surface area contributed by atoms with Crippen molar-refractivity contribution in [2.75, 3.05) is 38.1 Å². The summed E-state index contributed by atoms with van der Waals surface area (Å²) >= 11 is 6.11. The number of anilines is 2. The molecule has 0 fully saturated rings. The minimum atomic E-state index is -0.735. The first kappa shape index (κ1) is 17.9. The van der Waals surface area contributed by atoms with E-state index in [1.165, 1.54) is 26.4 Å². The molecule has 0 heterocycles. The number of hydrogen-bond donors (Lipinski definition) is 3. The summed E-state index contributed by atoms with van der Waals surface area (Å²) in [6.07, 6.45) is 0. The molecule has 0 bridgehead atoms. The molecule has 0 aliphatic carbocycles. The van der Waals surface area contributed by atoms with Crippen LogP contribution in [0.3, 0.4) is 0 Å². The van der Waals surface area contributed by atoms with Crippen LogP contribution in [-0.2, 0) is 19.1 Å². The lowest BCUT2D eigenvalue weighted by Crippen LogP contribution is -2.21. The van der Waals surface area contributed by atoms with Crippen LogP contribution >= 0.6 is 11.6 Å². The Bertz CT molecular complexity index is 550. The maximum atomic E-state index is 11.6. The number of benzene rings is 1. The van der Waals surface area contributed by atoms with Gasteiger partial charge >= 0.3 is 0 Å². The van der Waals surface area contributed by atoms with Crippen molar-refractivity contribution in [2.24, 2.45) is 5.73 Å². The first-order valence-corrected chi connectivity index (χ1v) is 6.47. The Kier molecular flexibility index (Phi) is 6.77. The summed E-state index contributed by atoms with van der Waals surface area (Å²) in [6, 6.07) is 2.62. The fourth-order valence-electron chi connectivity index (χ4n) is 1.58. The third kappa shape index (κ3) is 4.99. The molecule has 8 nitrogen and oxygen atoms in total. The lowest BCUT2D eigenvalue weighted by atomic mass is 10.1. The highest BCUT2D eigenvalue weighted by molar-refractivity contribution is 6.37. The molecule has 0 spiro atoms. The zero-order valence-corrected chi connectivity index (χ0v) is 12.8. The Labute approximate surface area is 131 Å². The molecule has 120 valence electrons. The standard InChI is InChI=1S/C13H16ClN3O5/c1-21-5-10(18)16-8-3-7(13(15)20)4-9(12(8)14)17-11(19)6-22-2/h3-4H,5-6H2,1-2H3,(H2,15,20)(H,16,18)(H,17,19). The maximum Gasteiger partial charge on any atom is 0.250 e. The smallest absolute Gasteiger partial charge is 0.250 e. The molecule has 0 aromatic heterocycles. The molecule has 4 N–H and O–H groups in total. The number of carbonyl (C=O) groups excluding carboxylic acids is 3. The van der Waals surface area contributed by atoms with Crippen molar-refractivity contribution in [3.8, 4) is 0 Å². The van der Waals surface area contributed by atoms with Gasteiger partial charge in [0.05, 0.1) is 16.4 Å². The number of nitrogens with one attached hydrogen (secondary N) is 2. The second-order valence-corrected chi connectivity index (χ2v) is 4.59. The molecular formula is C13H16ClN3O5. The average Bonchev–Trinajstić information content (AvgIpc) is 2.43. The average molecular weight is 330 g/mol. The van der Waals surface area contributed by atoms with E-state index in [-0.39, 0.29) is 35.2 Å². The van der Waals surface area contributed by atoms with E-state index in [9.17, 15) is 14.4 Å². The fourth-order valence-corrected chi connectivity index (χ4v) is 1.79. The summed E-state index contributed by atoms with van der Waals surface area (Å²) in [7, 11) is 2.72. The van der Waals surface area contributed by atoms with Crippen LogP contribution in [0.2, 0.25) is 5.02 Å². The quantitative estimate of drug-likeness (QED) is 0.677. The number of methoxy groups -OCH3 is 2. The van der Waals surface area contributed by atoms with Gasteiger partial charge in [-0.2, -0.15) is 0 Å². The monoisotopic (exact) mass is 329 g/mol. The van der Waals surface area contributed by atoms with E-state index >= 15 is 0 Å². The fraction of sp³-hybridized carbons (Fsp3) is 0.308. The van der Waals surface area contributed by atoms with Crippen LogP contribution in [0.15, 0.2) is 12.1 Å². The van der Waals surface area contributed by atoms with E-state index in [2.05, 4.69) is 20.1 Å². The number of halogens is 1. The van der Waals surface area contributed by atoms with E-state index in [0.29, 0.717) is 0 Å². The molecule has 9 heteroatoms. The minimum absolute atomic E-state index is 0.0545. The van der Waals surface area contributed by atoms with Crippen molar-refractivity contribution < 1.29 is 23.9 Å². The van der Waals surface area contributed by atoms with Crippen molar-refractivity contribution in [3.05, 3.63) is 22.7 Å². The Hall–Kier alpha value is -2.16. The van der Waals surface area contributed by atoms with E-state index in [1.54, 1.807) is 0 Å². The number of rotatable bonds is 7. The molecule has 0 saturated heterocycles. The van der Waals surface area contributed by atoms with Crippen molar-refractivity contribution in [2.45, 2.75) is 0 Å². The second-order valence-electron chi connectivity index (χ2n) is 4.21. The molecule has 1 rings (SSSR count). The van der Waals surface area contributed by atoms with Crippen molar-refractivity contribution >= 4 is 40.7 Å². The predicted octanol–water partition coefficient (Wildman–Crippen LogP) is 0.609. The number of amides is 3. The third-order valence-corrected chi connectivity index (χ3v) is 2.86. The van der Waals surface area contributed by atoms with Crippen LogP contribution in [0.4, 0.5) is 11.4 Å². The van der Waals surface area contributed by atoms with Crippen LogP contribution in [0.25, 0.3) is 0 Å². The molecule has 1 aromatic rings. The van der Waals surface area contributed by atoms with Gasteiger partial charge < -0.3 is 25.8 Å². The highest BCUT2D eigenvalue weighted by atomic mass is 35.5. The minimum Gasteiger partial charge on any atom is -0.375 e. The SMILES string of the molecule is COCC(=O)Nc1cc(C(N)=O)cc(NC(=O)COC)c1Cl. The van der Waals surface area contributed by atoms with Gasteiger partial charge in [0.1, 0.15) is 13.2 Å². The molecule has 3 amide bonds. The van der Waals surface area contributed by atoms with Gasteiger partial charge in [0.15, 0.2) is 0 Å². The van der Waals surface area contributed by atoms with Crippen LogP contribution in [0.1, 0.15) is 10.4 Å². The van der Waals surface area contributed by atoms with Gasteiger partial charge in [0.2, 0.25) is 17.7 Å². The molecular weight excluding hydrogens is 314 g/mol. The number of ether oxygens (including phenoxy) is 2. The molecule has 0 radical (unpaired) electrons. The molecule has 1 aromatic carbocycles. The highest BCUT2D eigenvalue weighted by Gasteiger charge is 2.15. The lowest BCUT2D eigenvalue weighted by molar-refractivity contribution is -0.120. The largest absolute Gasteiger partial charge is 0.375 e. The van der Waals surface area contributed by atoms with Crippen LogP contribution in [0, 0.1) is 0 Å². The first-order chi connectivity index (χ1) is 10.4. The number of nitrogens with two attached hydrogens (primary N) is 1. The van der Waals surface area contributed by atoms with Gasteiger partial charge in [-0.15, -0.1) is 0 Å². The lowest BCUT2D eigenvalue weighted by Gasteiger charge is -2.13. The van der Waals surface area contributed by atoms with E-state index in [1.807, 2.05) is 0 Å². The molecule has 0 aliphatic heterocycles. The zero-order valence-electron chi connectivity index (χ0n) is 12.1. The summed E-state index contributed by atoms with van der Waals surface area (Å²) in [4.78, 5) is 34.5. The van der Waals surface area contributed by atoms with E-state index in [0.717, 1.165) is 0 Å². The Morgan fingerprint density at radius 2 is 1.45 bits per heavy atom. The number of carbonyl (C=O) groups is 3. The Balaban J connectivity index is 3.14. The number of hydrogen-bond acceptors (Lipinski definition) is 5. The van der Waals surface area contributed by atoms with Gasteiger partial charge in [0, 0.05) is 19.8 Å². The normalized spacial score (nSPS) is 10.1. The molecule has 0 atom stereocenters. The Morgan fingerprint density at radius 3 is 1.77 bits per heavy atom. The molecule has 22 heavy (non-hydrogen) atoms. The summed E-state index contributed by atoms with van der Waals surface area (Å²) < 4.78 is 9.37. The molecule has 0 unspecified atom stereocenters. The van der Waals surface area contributed by atoms with E-state index in [4.69, 9.17) is 17.3 Å². The summed E-state index contributed by atoms with van der Waals surface area (Å²) in [5.74, 6) is -1.68. The third-order valence-electron chi connectivity index (χ3n) is 2.46. The second kappa shape index (κ2) is 8.32. The topological polar surface area (TPSA) is 120 Å². The van der Waals surface area contributed by atoms with Crippen molar-refractivity contribution in [1.29, 1.82) is 0 Å². The summed E-state index contributed by atoms with van der Waals surface area (Å²) in [5, 5.41) is 4.99. The summed E-state index contributed by atoms with van der Waals surface area (Å²) in [6.45, 7) is -0.384. The summed E-state index contributed by atoms with van der Waals surface area (Å²) in [5.41, 5.74) is 5.56. The van der Waals surface area contributed by atoms with Gasteiger partial charge in [-0.1, -0.05) is 11.6 Å². The van der Waals surface area contributed by atoms with Gasteiger partial charge in [-0.3, -0.25) is 14.4 Å². The highest BCUT2D eigenvalue weighted by Crippen LogP contribution is 2.32. The molecule has 0 aliphatic rings. The maximum absolute atomic E-state index is 11.6. The van der Waals surface area contributed by atoms with Crippen LogP contribution in [0.5, 0.6) is 0 Å². The van der Waals surface area contributed by atoms with E-state index < -0.39 is 17.7 Å². The number of primary amides is 1. The predicted molar refractivity (Wildman–Crippen MR) is 81.0 cm³/mol.